The largest absolute Gasteiger partial charge is 0.456 e. The molecule has 3 aromatic heterocycles. The predicted molar refractivity (Wildman–Crippen MR) is 250 cm³/mol. The highest BCUT2D eigenvalue weighted by Gasteiger charge is 2.30. The first kappa shape index (κ1) is 33.7. The van der Waals surface area contributed by atoms with Gasteiger partial charge in [-0.15, -0.1) is 0 Å². The molecular formula is C55H34N4O2. The van der Waals surface area contributed by atoms with Crippen LogP contribution >= 0.6 is 0 Å². The van der Waals surface area contributed by atoms with E-state index < -0.39 is 6.17 Å². The minimum atomic E-state index is -0.618. The number of aromatic nitrogens is 1. The molecule has 1 aliphatic rings. The second-order valence-corrected chi connectivity index (χ2v) is 15.7. The first-order valence-electron chi connectivity index (χ1n) is 20.6. The molecule has 0 fully saturated rings. The smallest absolute Gasteiger partial charge is 0.159 e. The number of furan rings is 2. The van der Waals surface area contributed by atoms with Gasteiger partial charge in [0.1, 0.15) is 28.2 Å². The molecule has 0 aliphatic carbocycles. The van der Waals surface area contributed by atoms with Crippen LogP contribution in [0.1, 0.15) is 22.9 Å². The molecule has 1 atom stereocenters. The molecule has 0 radical (unpaired) electrons. The lowest BCUT2D eigenvalue weighted by atomic mass is 10.0. The second-order valence-electron chi connectivity index (χ2n) is 15.7. The van der Waals surface area contributed by atoms with Gasteiger partial charge >= 0.3 is 0 Å². The van der Waals surface area contributed by atoms with Gasteiger partial charge in [-0.05, 0) is 76.5 Å². The molecule has 0 bridgehead atoms. The van der Waals surface area contributed by atoms with Crippen molar-refractivity contribution in [1.29, 1.82) is 0 Å². The maximum Gasteiger partial charge on any atom is 0.159 e. The van der Waals surface area contributed by atoms with E-state index in [1.54, 1.807) is 0 Å². The van der Waals surface area contributed by atoms with Crippen molar-refractivity contribution < 1.29 is 8.83 Å². The number of rotatable bonds is 5. The van der Waals surface area contributed by atoms with Crippen molar-refractivity contribution >= 4 is 88.1 Å². The maximum absolute atomic E-state index is 6.97. The van der Waals surface area contributed by atoms with Crippen molar-refractivity contribution in [2.75, 3.05) is 0 Å². The van der Waals surface area contributed by atoms with Crippen molar-refractivity contribution in [2.24, 2.45) is 9.98 Å². The number of nitrogens with one attached hydrogen (secondary N) is 1. The normalized spacial score (nSPS) is 14.4. The van der Waals surface area contributed by atoms with Gasteiger partial charge in [0.05, 0.1) is 22.3 Å². The van der Waals surface area contributed by atoms with E-state index >= 15 is 0 Å². The average Bonchev–Trinajstić information content (AvgIpc) is 4.00. The zero-order chi connectivity index (χ0) is 40.0. The minimum absolute atomic E-state index is 0.618. The zero-order valence-corrected chi connectivity index (χ0v) is 32.7. The molecule has 4 heterocycles. The van der Waals surface area contributed by atoms with Gasteiger partial charge < -0.3 is 18.7 Å². The Morgan fingerprint density at radius 1 is 0.459 bits per heavy atom. The van der Waals surface area contributed by atoms with E-state index in [1.165, 1.54) is 21.5 Å². The quantitative estimate of drug-likeness (QED) is 0.189. The Morgan fingerprint density at radius 3 is 2.00 bits per heavy atom. The monoisotopic (exact) mass is 782 g/mol. The average molecular weight is 783 g/mol. The van der Waals surface area contributed by atoms with E-state index in [0.717, 1.165) is 88.4 Å². The number of hydrogen-bond acceptors (Lipinski definition) is 5. The predicted octanol–water partition coefficient (Wildman–Crippen LogP) is 13.9. The van der Waals surface area contributed by atoms with Crippen LogP contribution in [0.25, 0.3) is 93.3 Å². The fraction of sp³-hybridized carbons (Fsp3) is 0.0182. The Kier molecular flexibility index (Phi) is 7.27. The van der Waals surface area contributed by atoms with Crippen LogP contribution in [0.5, 0.6) is 0 Å². The summed E-state index contributed by atoms with van der Waals surface area (Å²) in [5, 5.41) is 12.7. The summed E-state index contributed by atoms with van der Waals surface area (Å²) in [6, 6.07) is 67.9. The van der Waals surface area contributed by atoms with Gasteiger partial charge in [0.15, 0.2) is 12.0 Å². The Bertz CT molecular complexity index is 3810. The summed E-state index contributed by atoms with van der Waals surface area (Å²) in [6.07, 6.45) is -0.618. The molecule has 0 amide bonds. The Balaban J connectivity index is 1.11. The number of para-hydroxylation sites is 3. The summed E-state index contributed by atoms with van der Waals surface area (Å²) in [7, 11) is 0. The summed E-state index contributed by atoms with van der Waals surface area (Å²) in [4.78, 5) is 11.0. The van der Waals surface area contributed by atoms with Crippen molar-refractivity contribution in [1.82, 2.24) is 9.88 Å². The van der Waals surface area contributed by atoms with Crippen LogP contribution < -0.4 is 5.32 Å². The summed E-state index contributed by atoms with van der Waals surface area (Å²) >= 11 is 0. The highest BCUT2D eigenvalue weighted by atomic mass is 16.3. The first-order chi connectivity index (χ1) is 30.2. The molecular weight excluding hydrogens is 749 g/mol. The topological polar surface area (TPSA) is 68.0 Å². The van der Waals surface area contributed by atoms with Crippen LogP contribution in [0.4, 0.5) is 0 Å². The van der Waals surface area contributed by atoms with Crippen molar-refractivity contribution in [3.05, 3.63) is 211 Å². The van der Waals surface area contributed by atoms with Gasteiger partial charge in [0.25, 0.3) is 0 Å². The lowest BCUT2D eigenvalue weighted by Gasteiger charge is -2.26. The number of nitrogens with zero attached hydrogens (tertiary/aromatic N) is 3. The molecule has 6 heteroatoms. The van der Waals surface area contributed by atoms with E-state index in [4.69, 9.17) is 18.8 Å². The number of aliphatic imine (C=N–C) groups is 2. The molecule has 0 saturated carbocycles. The SMILES string of the molecule is c1ccc(-c2cccc(C3=NC(c4c(-n5c6ccccc6c6cc7ccccc7cc65)ccc5c4oc4ccccc45)NC(c4cccc5oc6ccccc6c45)=N3)c2)cc1. The third-order valence-electron chi connectivity index (χ3n) is 12.2. The highest BCUT2D eigenvalue weighted by Crippen LogP contribution is 2.43. The molecule has 286 valence electrons. The molecule has 6 nitrogen and oxygen atoms in total. The standard InChI is InChI=1S/C55H34N4O2/c1-2-14-33(15-3-1)34-18-12-19-37(30-34)53-56-54(42-23-13-27-49-50(42)41-22-8-11-26-48(41)60-49)58-55(57-53)51-45(29-28-40-39-21-7-10-25-47(39)61-52(40)51)59-44-24-9-6-20-38(44)43-31-35-16-4-5-17-36(35)32-46(43)59/h1-32,55H,(H,56,57,58). The summed E-state index contributed by atoms with van der Waals surface area (Å²) in [5.74, 6) is 1.32. The molecule has 0 saturated heterocycles. The van der Waals surface area contributed by atoms with Crippen molar-refractivity contribution in [2.45, 2.75) is 6.17 Å². The molecule has 12 aromatic rings. The van der Waals surface area contributed by atoms with Gasteiger partial charge in [-0.25, -0.2) is 9.98 Å². The second kappa shape index (κ2) is 13.1. The van der Waals surface area contributed by atoms with E-state index in [-0.39, 0.29) is 0 Å². The third-order valence-corrected chi connectivity index (χ3v) is 12.2. The Labute approximate surface area is 349 Å². The molecule has 1 N–H and O–H groups in total. The Morgan fingerprint density at radius 2 is 1.13 bits per heavy atom. The maximum atomic E-state index is 6.97. The molecule has 1 unspecified atom stereocenters. The Hall–Kier alpha value is -8.22. The van der Waals surface area contributed by atoms with Gasteiger partial charge in [-0.2, -0.15) is 0 Å². The van der Waals surface area contributed by atoms with Crippen LogP contribution in [0.15, 0.2) is 213 Å². The minimum Gasteiger partial charge on any atom is -0.456 e. The molecule has 13 rings (SSSR count). The summed E-state index contributed by atoms with van der Waals surface area (Å²) < 4.78 is 15.8. The third kappa shape index (κ3) is 5.22. The highest BCUT2D eigenvalue weighted by molar-refractivity contribution is 6.22. The molecule has 61 heavy (non-hydrogen) atoms. The van der Waals surface area contributed by atoms with Crippen LogP contribution in [-0.2, 0) is 0 Å². The summed E-state index contributed by atoms with van der Waals surface area (Å²) in [6.45, 7) is 0. The lowest BCUT2D eigenvalue weighted by molar-refractivity contribution is 0.626. The fourth-order valence-electron chi connectivity index (χ4n) is 9.48. The zero-order valence-electron chi connectivity index (χ0n) is 32.7. The van der Waals surface area contributed by atoms with Crippen LogP contribution in [0.3, 0.4) is 0 Å². The van der Waals surface area contributed by atoms with Gasteiger partial charge in [0.2, 0.25) is 0 Å². The fourth-order valence-corrected chi connectivity index (χ4v) is 9.48. The van der Waals surface area contributed by atoms with Crippen molar-refractivity contribution in [3.63, 3.8) is 0 Å². The van der Waals surface area contributed by atoms with Gasteiger partial charge in [0, 0.05) is 43.4 Å². The van der Waals surface area contributed by atoms with Crippen LogP contribution in [0, 0.1) is 0 Å². The van der Waals surface area contributed by atoms with E-state index in [2.05, 4.69) is 162 Å². The van der Waals surface area contributed by atoms with E-state index in [0.29, 0.717) is 11.7 Å². The summed E-state index contributed by atoms with van der Waals surface area (Å²) in [5.41, 5.74) is 11.4. The molecule has 9 aromatic carbocycles. The number of hydrogen-bond donors (Lipinski definition) is 1. The van der Waals surface area contributed by atoms with Gasteiger partial charge in [-0.3, -0.25) is 0 Å². The van der Waals surface area contributed by atoms with Crippen LogP contribution in [-0.4, -0.2) is 16.2 Å². The lowest BCUT2D eigenvalue weighted by Crippen LogP contribution is -2.34. The van der Waals surface area contributed by atoms with E-state index in [9.17, 15) is 0 Å². The number of fused-ring (bicyclic) bond motifs is 10. The van der Waals surface area contributed by atoms with Crippen LogP contribution in [0.2, 0.25) is 0 Å². The first-order valence-corrected chi connectivity index (χ1v) is 20.6. The number of amidine groups is 2. The van der Waals surface area contributed by atoms with Gasteiger partial charge in [-0.1, -0.05) is 140 Å². The molecule has 0 spiro atoms. The van der Waals surface area contributed by atoms with Crippen molar-refractivity contribution in [3.8, 4) is 16.8 Å². The molecule has 1 aliphatic heterocycles. The van der Waals surface area contributed by atoms with E-state index in [1.807, 2.05) is 42.5 Å². The number of benzene rings is 9.